The molecule has 9 nitrogen and oxygen atoms in total. The maximum absolute atomic E-state index is 13.0. The quantitative estimate of drug-likeness (QED) is 0.307. The van der Waals surface area contributed by atoms with Crippen molar-refractivity contribution in [1.29, 1.82) is 0 Å². The van der Waals surface area contributed by atoms with Gasteiger partial charge in [0.15, 0.2) is 0 Å². The largest absolute Gasteiger partial charge is 0.437 e. The summed E-state index contributed by atoms with van der Waals surface area (Å²) < 4.78 is 45.3. The first-order valence-corrected chi connectivity index (χ1v) is 13.6. The number of nitrogens with zero attached hydrogens (tertiary/aromatic N) is 3. The van der Waals surface area contributed by atoms with Crippen molar-refractivity contribution in [2.24, 2.45) is 0 Å². The fraction of sp³-hybridized carbons (Fsp3) is 0.269. The second kappa shape index (κ2) is 10.7. The van der Waals surface area contributed by atoms with E-state index in [2.05, 4.69) is 25.3 Å². The van der Waals surface area contributed by atoms with Gasteiger partial charge in [0, 0.05) is 35.8 Å². The van der Waals surface area contributed by atoms with E-state index in [-0.39, 0.29) is 11.7 Å². The molecule has 1 atom stereocenters. The van der Waals surface area contributed by atoms with Gasteiger partial charge in [-0.2, -0.15) is 0 Å². The minimum atomic E-state index is -4.10. The average molecular weight is 523 g/mol. The molecule has 0 saturated carbocycles. The van der Waals surface area contributed by atoms with Crippen LogP contribution in [0, 0.1) is 6.92 Å². The molecule has 5 rings (SSSR count). The Balaban J connectivity index is 1.50. The van der Waals surface area contributed by atoms with E-state index in [4.69, 9.17) is 9.72 Å². The fourth-order valence-corrected chi connectivity index (χ4v) is 4.93. The van der Waals surface area contributed by atoms with Crippen LogP contribution in [-0.4, -0.2) is 48.5 Å². The number of rotatable bonds is 8. The molecule has 0 aliphatic carbocycles. The number of pyridine rings is 1. The molecule has 4 aromatic rings. The molecule has 3 N–H and O–H groups in total. The molecule has 1 aliphatic heterocycles. The number of alkyl halides is 1. The maximum atomic E-state index is 13.0. The number of halogens is 1. The lowest BCUT2D eigenvalue weighted by atomic mass is 10.0. The zero-order chi connectivity index (χ0) is 25.8. The number of aryl methyl sites for hydroxylation is 1. The second-order valence-electron chi connectivity index (χ2n) is 8.85. The summed E-state index contributed by atoms with van der Waals surface area (Å²) in [5.41, 5.74) is 2.42. The molecule has 0 amide bonds. The van der Waals surface area contributed by atoms with E-state index >= 15 is 0 Å². The minimum Gasteiger partial charge on any atom is -0.437 e. The van der Waals surface area contributed by atoms with Gasteiger partial charge in [-0.05, 0) is 56.1 Å². The second-order valence-corrected chi connectivity index (χ2v) is 10.5. The first kappa shape index (κ1) is 24.8. The topological polar surface area (TPSA) is 118 Å². The highest BCUT2D eigenvalue weighted by atomic mass is 32.2. The summed E-state index contributed by atoms with van der Waals surface area (Å²) in [7, 11) is -4.10. The third-order valence-corrected chi connectivity index (χ3v) is 6.97. The normalized spacial score (nSPS) is 15.9. The van der Waals surface area contributed by atoms with Crippen molar-refractivity contribution >= 4 is 32.4 Å². The molecular formula is C26H27FN6O3S. The third-order valence-electron chi connectivity index (χ3n) is 6.15. The number of ether oxygens (including phenoxy) is 1. The van der Waals surface area contributed by atoms with E-state index in [0.29, 0.717) is 39.6 Å². The minimum absolute atomic E-state index is 0.260. The molecule has 0 unspecified atom stereocenters. The lowest BCUT2D eigenvalue weighted by Gasteiger charge is -2.23. The molecule has 3 heterocycles. The number of nitrogens with one attached hydrogen (secondary N) is 3. The smallest absolute Gasteiger partial charge is 0.262 e. The highest BCUT2D eigenvalue weighted by Crippen LogP contribution is 2.38. The number of piperidine rings is 1. The van der Waals surface area contributed by atoms with Gasteiger partial charge in [-0.3, -0.25) is 4.72 Å². The van der Waals surface area contributed by atoms with Crippen LogP contribution in [-0.2, 0) is 10.0 Å². The number of benzene rings is 2. The van der Waals surface area contributed by atoms with E-state index in [1.165, 1.54) is 0 Å². The van der Waals surface area contributed by atoms with Gasteiger partial charge in [-0.15, -0.1) is 0 Å². The lowest BCUT2D eigenvalue weighted by Crippen LogP contribution is -2.38. The average Bonchev–Trinajstić information content (AvgIpc) is 2.91. The highest BCUT2D eigenvalue weighted by Gasteiger charge is 2.18. The van der Waals surface area contributed by atoms with E-state index in [1.54, 1.807) is 36.7 Å². The van der Waals surface area contributed by atoms with Crippen LogP contribution in [0.5, 0.6) is 11.6 Å². The molecule has 0 radical (unpaired) electrons. The zero-order valence-electron chi connectivity index (χ0n) is 20.2. The standard InChI is InChI=1S/C26H27FN6O3S/c1-17-9-10-19-20(6-2-8-23(19)33-37(34,35)16-27)24(17)36-25-21(7-4-13-29-25)22-11-14-30-26(32-22)31-18-5-3-12-28-15-18/h2,4,6-11,13-14,18,28,33H,3,5,12,15-16H2,1H3,(H,30,31,32)/t18-/m0/s1. The Morgan fingerprint density at radius 3 is 2.78 bits per heavy atom. The summed E-state index contributed by atoms with van der Waals surface area (Å²) in [5, 5.41) is 8.00. The Bertz CT molecular complexity index is 1530. The van der Waals surface area contributed by atoms with Gasteiger partial charge in [0.1, 0.15) is 5.75 Å². The van der Waals surface area contributed by atoms with Crippen LogP contribution in [0.1, 0.15) is 18.4 Å². The van der Waals surface area contributed by atoms with Crippen LogP contribution in [0.2, 0.25) is 0 Å². The number of fused-ring (bicyclic) bond motifs is 1. The van der Waals surface area contributed by atoms with Gasteiger partial charge in [0.2, 0.25) is 17.8 Å². The van der Waals surface area contributed by atoms with E-state index < -0.39 is 16.0 Å². The summed E-state index contributed by atoms with van der Waals surface area (Å²) in [5.74, 6) is 1.39. The van der Waals surface area contributed by atoms with Crippen molar-refractivity contribution in [2.45, 2.75) is 25.8 Å². The molecule has 0 spiro atoms. The maximum Gasteiger partial charge on any atom is 0.262 e. The van der Waals surface area contributed by atoms with Gasteiger partial charge >= 0.3 is 0 Å². The van der Waals surface area contributed by atoms with Crippen molar-refractivity contribution in [3.63, 3.8) is 0 Å². The summed E-state index contributed by atoms with van der Waals surface area (Å²) in [6.07, 6.45) is 5.48. The number of hydrogen-bond donors (Lipinski definition) is 3. The first-order chi connectivity index (χ1) is 17.9. The fourth-order valence-electron chi connectivity index (χ4n) is 4.36. The summed E-state index contributed by atoms with van der Waals surface area (Å²) in [4.78, 5) is 13.5. The van der Waals surface area contributed by atoms with E-state index in [9.17, 15) is 12.8 Å². The van der Waals surface area contributed by atoms with Crippen molar-refractivity contribution in [3.8, 4) is 22.9 Å². The van der Waals surface area contributed by atoms with Gasteiger partial charge in [0.25, 0.3) is 10.0 Å². The molecule has 2 aromatic carbocycles. The Hall–Kier alpha value is -3.83. The Morgan fingerprint density at radius 2 is 1.97 bits per heavy atom. The zero-order valence-corrected chi connectivity index (χ0v) is 21.1. The van der Waals surface area contributed by atoms with Gasteiger partial charge in [-0.1, -0.05) is 24.3 Å². The molecule has 192 valence electrons. The number of hydrogen-bond acceptors (Lipinski definition) is 8. The van der Waals surface area contributed by atoms with E-state index in [0.717, 1.165) is 31.5 Å². The molecule has 0 bridgehead atoms. The predicted octanol–water partition coefficient (Wildman–Crippen LogP) is 4.63. The van der Waals surface area contributed by atoms with Crippen LogP contribution in [0.15, 0.2) is 60.9 Å². The number of anilines is 2. The molecule has 1 fully saturated rings. The third kappa shape index (κ3) is 5.62. The van der Waals surface area contributed by atoms with Gasteiger partial charge < -0.3 is 15.4 Å². The first-order valence-electron chi connectivity index (χ1n) is 12.0. The van der Waals surface area contributed by atoms with Crippen LogP contribution < -0.4 is 20.1 Å². The van der Waals surface area contributed by atoms with Crippen LogP contribution in [0.4, 0.5) is 16.0 Å². The lowest BCUT2D eigenvalue weighted by molar-refractivity contribution is 0.466. The summed E-state index contributed by atoms with van der Waals surface area (Å²) in [6.45, 7) is 3.77. The summed E-state index contributed by atoms with van der Waals surface area (Å²) in [6, 6.07) is 12.9. The Labute approximate surface area is 214 Å². The van der Waals surface area contributed by atoms with E-state index in [1.807, 2.05) is 31.2 Å². The van der Waals surface area contributed by atoms with Crippen LogP contribution in [0.25, 0.3) is 22.0 Å². The predicted molar refractivity (Wildman–Crippen MR) is 142 cm³/mol. The molecule has 2 aromatic heterocycles. The molecule has 37 heavy (non-hydrogen) atoms. The van der Waals surface area contributed by atoms with Gasteiger partial charge in [0.05, 0.1) is 16.9 Å². The molecule has 11 heteroatoms. The van der Waals surface area contributed by atoms with Gasteiger partial charge in [-0.25, -0.2) is 27.8 Å². The van der Waals surface area contributed by atoms with Crippen molar-refractivity contribution in [3.05, 3.63) is 66.5 Å². The monoisotopic (exact) mass is 522 g/mol. The van der Waals surface area contributed by atoms with Crippen LogP contribution in [0.3, 0.4) is 0 Å². The summed E-state index contributed by atoms with van der Waals surface area (Å²) >= 11 is 0. The van der Waals surface area contributed by atoms with Crippen LogP contribution >= 0.6 is 0 Å². The molecule has 1 saturated heterocycles. The number of sulfonamides is 1. The van der Waals surface area contributed by atoms with Crippen molar-refractivity contribution in [1.82, 2.24) is 20.3 Å². The van der Waals surface area contributed by atoms with Crippen molar-refractivity contribution in [2.75, 3.05) is 29.1 Å². The molecule has 1 aliphatic rings. The molecular weight excluding hydrogens is 495 g/mol. The van der Waals surface area contributed by atoms with Crippen molar-refractivity contribution < 1.29 is 17.5 Å². The SMILES string of the molecule is Cc1ccc2c(NS(=O)(=O)CF)cccc2c1Oc1ncccc1-c1ccnc(N[C@H]2CCCNC2)n1. The Kier molecular flexibility index (Phi) is 7.15. The number of aromatic nitrogens is 3. The Morgan fingerprint density at radius 1 is 1.08 bits per heavy atom. The highest BCUT2D eigenvalue weighted by molar-refractivity contribution is 7.92.